The number of ether oxygens (including phenoxy) is 5. The van der Waals surface area contributed by atoms with Gasteiger partial charge in [0, 0.05) is 19.3 Å². The number of carbonyl (C=O) groups excluding carboxylic acids is 3. The van der Waals surface area contributed by atoms with Crippen molar-refractivity contribution in [2.75, 3.05) is 13.2 Å². The van der Waals surface area contributed by atoms with Gasteiger partial charge in [-0.1, -0.05) is 248 Å². The standard InChI is InChI=1S/C67H116O12/c1-4-7-10-13-16-19-22-25-27-29-30-32-34-37-40-43-46-49-52-55-61(70)78-65-63(72)62(71)64(66(73)74)79-67(65)76-57-58(77-60(69)54-51-48-45-42-39-35-24-21-18-15-12-9-6-3)56-75-59(68)53-50-47-44-41-38-36-33-31-28-26-23-20-17-14-11-8-5-2/h8,11,17,20,25-28,33,36,58,62-65,67,71-72H,4-7,9-10,12-16,18-19,21-24,29-32,34-35,37-57H2,1-3H3,(H,73,74)/b11-8-,20-17-,27-25-,28-26-,36-33-. The summed E-state index contributed by atoms with van der Waals surface area (Å²) in [7, 11) is 0. The first-order chi connectivity index (χ1) is 38.6. The van der Waals surface area contributed by atoms with E-state index in [0.29, 0.717) is 19.3 Å². The Morgan fingerprint density at radius 2 is 0.797 bits per heavy atom. The molecule has 0 aliphatic carbocycles. The second-order valence-corrected chi connectivity index (χ2v) is 22.0. The summed E-state index contributed by atoms with van der Waals surface area (Å²) in [5, 5.41) is 31.6. The maximum Gasteiger partial charge on any atom is 0.335 e. The molecule has 1 aliphatic heterocycles. The molecule has 0 amide bonds. The van der Waals surface area contributed by atoms with Gasteiger partial charge in [0.15, 0.2) is 24.6 Å². The molecule has 1 rings (SSSR count). The van der Waals surface area contributed by atoms with Gasteiger partial charge in [-0.05, 0) is 83.5 Å². The van der Waals surface area contributed by atoms with Crippen LogP contribution in [0, 0.1) is 0 Å². The molecule has 6 atom stereocenters. The van der Waals surface area contributed by atoms with Crippen molar-refractivity contribution in [2.24, 2.45) is 0 Å². The maximum atomic E-state index is 13.2. The molecule has 0 bridgehead atoms. The highest BCUT2D eigenvalue weighted by atomic mass is 16.7. The third-order valence-corrected chi connectivity index (χ3v) is 14.6. The summed E-state index contributed by atoms with van der Waals surface area (Å²) in [5.41, 5.74) is 0. The van der Waals surface area contributed by atoms with Crippen molar-refractivity contribution in [2.45, 2.75) is 327 Å². The number of hydrogen-bond acceptors (Lipinski definition) is 11. The van der Waals surface area contributed by atoms with Crippen molar-refractivity contribution in [1.29, 1.82) is 0 Å². The normalized spacial score (nSPS) is 18.2. The van der Waals surface area contributed by atoms with Gasteiger partial charge in [0.05, 0.1) is 6.61 Å². The van der Waals surface area contributed by atoms with Crippen molar-refractivity contribution in [3.63, 3.8) is 0 Å². The third-order valence-electron chi connectivity index (χ3n) is 14.6. The molecule has 0 aromatic carbocycles. The van der Waals surface area contributed by atoms with Gasteiger partial charge < -0.3 is 39.0 Å². The van der Waals surface area contributed by atoms with Crippen molar-refractivity contribution >= 4 is 23.9 Å². The van der Waals surface area contributed by atoms with Crippen LogP contribution in [0.5, 0.6) is 0 Å². The zero-order valence-electron chi connectivity index (χ0n) is 50.4. The van der Waals surface area contributed by atoms with E-state index in [4.69, 9.17) is 23.7 Å². The Morgan fingerprint density at radius 3 is 1.23 bits per heavy atom. The predicted octanol–water partition coefficient (Wildman–Crippen LogP) is 17.1. The van der Waals surface area contributed by atoms with Crippen LogP contribution in [-0.4, -0.2) is 89.2 Å². The number of unbranched alkanes of at least 4 members (excludes halogenated alkanes) is 31. The minimum atomic E-state index is -1.91. The first kappa shape index (κ1) is 73.4. The molecule has 0 radical (unpaired) electrons. The molecule has 1 heterocycles. The van der Waals surface area contributed by atoms with E-state index in [1.165, 1.54) is 128 Å². The SMILES string of the molecule is CC/C=C\C/C=C\C/C=C\C/C=C\CCCCCCC(=O)OCC(COC1OC(C(=O)O)C(O)C(O)C1OC(=O)CCCCCCCCCCC/C=C\CCCCCCCC)OC(=O)CCCCCCCCCCCCCCC. The molecule has 456 valence electrons. The van der Waals surface area contributed by atoms with Crippen LogP contribution < -0.4 is 0 Å². The van der Waals surface area contributed by atoms with Gasteiger partial charge in [0.1, 0.15) is 18.8 Å². The fraction of sp³-hybridized carbons (Fsp3) is 0.791. The summed E-state index contributed by atoms with van der Waals surface area (Å²) < 4.78 is 28.5. The van der Waals surface area contributed by atoms with Crippen molar-refractivity contribution in [3.8, 4) is 0 Å². The van der Waals surface area contributed by atoms with Crippen molar-refractivity contribution in [1.82, 2.24) is 0 Å². The Kier molecular flexibility index (Phi) is 51.1. The van der Waals surface area contributed by atoms with E-state index in [1.807, 2.05) is 0 Å². The Hall–Kier alpha value is -3.58. The van der Waals surface area contributed by atoms with E-state index in [9.17, 15) is 34.5 Å². The van der Waals surface area contributed by atoms with Crippen LogP contribution in [0.2, 0.25) is 0 Å². The van der Waals surface area contributed by atoms with Gasteiger partial charge in [0.25, 0.3) is 0 Å². The average molecular weight is 1110 g/mol. The summed E-state index contributed by atoms with van der Waals surface area (Å²) in [5.74, 6) is -3.13. The fourth-order valence-electron chi connectivity index (χ4n) is 9.65. The molecule has 0 saturated carbocycles. The largest absolute Gasteiger partial charge is 0.479 e. The zero-order valence-corrected chi connectivity index (χ0v) is 50.4. The lowest BCUT2D eigenvalue weighted by Gasteiger charge is -2.40. The number of hydrogen-bond donors (Lipinski definition) is 3. The van der Waals surface area contributed by atoms with E-state index < -0.39 is 67.3 Å². The number of esters is 3. The minimum absolute atomic E-state index is 0.0570. The number of aliphatic hydroxyl groups excluding tert-OH is 2. The van der Waals surface area contributed by atoms with Gasteiger partial charge in [0.2, 0.25) is 0 Å². The first-order valence-corrected chi connectivity index (χ1v) is 32.3. The van der Waals surface area contributed by atoms with Crippen LogP contribution in [-0.2, 0) is 42.9 Å². The van der Waals surface area contributed by atoms with E-state index in [2.05, 4.69) is 81.5 Å². The molecule has 0 aromatic heterocycles. The first-order valence-electron chi connectivity index (χ1n) is 32.3. The molecule has 6 unspecified atom stereocenters. The Balaban J connectivity index is 2.65. The molecular weight excluding hydrogens is 997 g/mol. The maximum absolute atomic E-state index is 13.2. The van der Waals surface area contributed by atoms with E-state index >= 15 is 0 Å². The van der Waals surface area contributed by atoms with Gasteiger partial charge >= 0.3 is 23.9 Å². The molecule has 1 saturated heterocycles. The second kappa shape index (κ2) is 55.0. The summed E-state index contributed by atoms with van der Waals surface area (Å²) in [6.07, 6.45) is 56.1. The predicted molar refractivity (Wildman–Crippen MR) is 322 cm³/mol. The number of rotatable bonds is 55. The van der Waals surface area contributed by atoms with Crippen LogP contribution in [0.3, 0.4) is 0 Å². The van der Waals surface area contributed by atoms with E-state index in [1.54, 1.807) is 0 Å². The highest BCUT2D eigenvalue weighted by molar-refractivity contribution is 5.74. The smallest absolute Gasteiger partial charge is 0.335 e. The van der Waals surface area contributed by atoms with E-state index in [-0.39, 0.29) is 25.9 Å². The van der Waals surface area contributed by atoms with Gasteiger partial charge in [-0.15, -0.1) is 0 Å². The average Bonchev–Trinajstić information content (AvgIpc) is 3.47. The van der Waals surface area contributed by atoms with Crippen LogP contribution in [0.4, 0.5) is 0 Å². The molecule has 1 fully saturated rings. The van der Waals surface area contributed by atoms with E-state index in [0.717, 1.165) is 103 Å². The number of carbonyl (C=O) groups is 4. The molecule has 79 heavy (non-hydrogen) atoms. The van der Waals surface area contributed by atoms with Gasteiger partial charge in [-0.3, -0.25) is 14.4 Å². The summed E-state index contributed by atoms with van der Waals surface area (Å²) in [6.45, 7) is 5.89. The zero-order chi connectivity index (χ0) is 57.5. The second-order valence-electron chi connectivity index (χ2n) is 22.0. The Labute approximate surface area is 481 Å². The fourth-order valence-corrected chi connectivity index (χ4v) is 9.65. The molecule has 0 aromatic rings. The minimum Gasteiger partial charge on any atom is -0.479 e. The van der Waals surface area contributed by atoms with Crippen LogP contribution in [0.15, 0.2) is 60.8 Å². The lowest BCUT2D eigenvalue weighted by molar-refractivity contribution is -0.301. The molecule has 1 aliphatic rings. The summed E-state index contributed by atoms with van der Waals surface area (Å²) in [6, 6.07) is 0. The Bertz CT molecular complexity index is 1600. The van der Waals surface area contributed by atoms with Crippen LogP contribution in [0.25, 0.3) is 0 Å². The number of carboxylic acid groups (broad SMARTS) is 1. The number of carboxylic acids is 1. The van der Waals surface area contributed by atoms with Crippen LogP contribution in [0.1, 0.15) is 290 Å². The van der Waals surface area contributed by atoms with Crippen LogP contribution >= 0.6 is 0 Å². The topological polar surface area (TPSA) is 175 Å². The number of aliphatic hydroxyl groups is 2. The lowest BCUT2D eigenvalue weighted by Crippen LogP contribution is -2.61. The summed E-state index contributed by atoms with van der Waals surface area (Å²) in [4.78, 5) is 51.3. The quantitative estimate of drug-likeness (QED) is 0.0228. The molecule has 12 heteroatoms. The molecule has 0 spiro atoms. The summed E-state index contributed by atoms with van der Waals surface area (Å²) >= 11 is 0. The number of aliphatic carboxylic acids is 1. The monoisotopic (exact) mass is 1110 g/mol. The van der Waals surface area contributed by atoms with Crippen molar-refractivity contribution < 1.29 is 58.2 Å². The highest BCUT2D eigenvalue weighted by Crippen LogP contribution is 2.27. The van der Waals surface area contributed by atoms with Gasteiger partial charge in [-0.25, -0.2) is 4.79 Å². The number of allylic oxidation sites excluding steroid dienone is 10. The van der Waals surface area contributed by atoms with Gasteiger partial charge in [-0.2, -0.15) is 0 Å². The molecular formula is C67H116O12. The lowest BCUT2D eigenvalue weighted by atomic mass is 9.98. The molecule has 3 N–H and O–H groups in total. The highest BCUT2D eigenvalue weighted by Gasteiger charge is 2.50. The Morgan fingerprint density at radius 1 is 0.430 bits per heavy atom. The molecule has 12 nitrogen and oxygen atoms in total. The third kappa shape index (κ3) is 44.7. The van der Waals surface area contributed by atoms with Crippen molar-refractivity contribution in [3.05, 3.63) is 60.8 Å².